The Bertz CT molecular complexity index is 1330. The number of nitrogens with zero attached hydrogens (tertiary/aromatic N) is 1. The molecule has 0 spiro atoms. The summed E-state index contributed by atoms with van der Waals surface area (Å²) in [7, 11) is -1.01. The number of carbonyl (C=O) groups excluding carboxylic acids is 1. The number of aromatic nitrogens is 1. The van der Waals surface area contributed by atoms with Crippen LogP contribution in [0.2, 0.25) is 0 Å². The highest BCUT2D eigenvalue weighted by atomic mass is 32.2. The second kappa shape index (κ2) is 9.91. The largest absolute Gasteiger partial charge is 0.493 e. The molecule has 174 valence electrons. The SMILES string of the molecule is COc1cccc(CNC(=O)Cn2c(C)cc(C)c(S(=O)(=O)c3ccccc3)c2=O)c1OC. The number of sulfone groups is 1. The summed E-state index contributed by atoms with van der Waals surface area (Å²) >= 11 is 0. The van der Waals surface area contributed by atoms with Crippen LogP contribution in [-0.4, -0.2) is 33.1 Å². The predicted octanol–water partition coefficient (Wildman–Crippen LogP) is 2.63. The molecule has 0 aliphatic rings. The fourth-order valence-corrected chi connectivity index (χ4v) is 5.21. The van der Waals surface area contributed by atoms with Gasteiger partial charge in [-0.05, 0) is 43.7 Å². The first kappa shape index (κ1) is 24.1. The van der Waals surface area contributed by atoms with E-state index in [9.17, 15) is 18.0 Å². The Balaban J connectivity index is 1.89. The summed E-state index contributed by atoms with van der Waals surface area (Å²) in [4.78, 5) is 25.6. The summed E-state index contributed by atoms with van der Waals surface area (Å²) in [6, 6.07) is 14.7. The molecule has 1 N–H and O–H groups in total. The van der Waals surface area contributed by atoms with Crippen LogP contribution in [0.5, 0.6) is 11.5 Å². The van der Waals surface area contributed by atoms with E-state index in [4.69, 9.17) is 9.47 Å². The minimum atomic E-state index is -4.04. The molecule has 2 aromatic carbocycles. The first-order valence-electron chi connectivity index (χ1n) is 10.2. The number of hydrogen-bond acceptors (Lipinski definition) is 6. The second-order valence-electron chi connectivity index (χ2n) is 7.44. The molecule has 9 heteroatoms. The van der Waals surface area contributed by atoms with Gasteiger partial charge in [0, 0.05) is 17.8 Å². The van der Waals surface area contributed by atoms with Crippen molar-refractivity contribution in [3.63, 3.8) is 0 Å². The zero-order valence-electron chi connectivity index (χ0n) is 18.9. The van der Waals surface area contributed by atoms with E-state index >= 15 is 0 Å². The molecule has 33 heavy (non-hydrogen) atoms. The van der Waals surface area contributed by atoms with Gasteiger partial charge in [0.05, 0.1) is 19.1 Å². The lowest BCUT2D eigenvalue weighted by Gasteiger charge is -2.16. The van der Waals surface area contributed by atoms with E-state index in [0.29, 0.717) is 28.3 Å². The van der Waals surface area contributed by atoms with Crippen LogP contribution in [-0.2, 0) is 27.7 Å². The smallest absolute Gasteiger partial charge is 0.270 e. The van der Waals surface area contributed by atoms with Gasteiger partial charge in [-0.15, -0.1) is 0 Å². The van der Waals surface area contributed by atoms with Crippen molar-refractivity contribution in [3.8, 4) is 11.5 Å². The van der Waals surface area contributed by atoms with Crippen LogP contribution in [0.3, 0.4) is 0 Å². The Labute approximate surface area is 192 Å². The number of methoxy groups -OCH3 is 2. The molecule has 1 aromatic heterocycles. The third-order valence-electron chi connectivity index (χ3n) is 5.23. The first-order valence-corrected chi connectivity index (χ1v) is 11.7. The van der Waals surface area contributed by atoms with Gasteiger partial charge in [-0.1, -0.05) is 30.3 Å². The van der Waals surface area contributed by atoms with Gasteiger partial charge in [0.25, 0.3) is 5.56 Å². The molecule has 0 aliphatic heterocycles. The molecule has 1 amide bonds. The lowest BCUT2D eigenvalue weighted by Crippen LogP contribution is -2.35. The van der Waals surface area contributed by atoms with Gasteiger partial charge in [-0.3, -0.25) is 9.59 Å². The van der Waals surface area contributed by atoms with E-state index in [0.717, 1.165) is 0 Å². The Morgan fingerprint density at radius 2 is 1.70 bits per heavy atom. The van der Waals surface area contributed by atoms with E-state index in [2.05, 4.69) is 5.32 Å². The van der Waals surface area contributed by atoms with Crippen molar-refractivity contribution in [2.75, 3.05) is 14.2 Å². The highest BCUT2D eigenvalue weighted by Crippen LogP contribution is 2.30. The van der Waals surface area contributed by atoms with Gasteiger partial charge in [0.1, 0.15) is 11.4 Å². The zero-order chi connectivity index (χ0) is 24.2. The molecule has 3 rings (SSSR count). The highest BCUT2D eigenvalue weighted by Gasteiger charge is 2.26. The minimum absolute atomic E-state index is 0.0233. The number of benzene rings is 2. The van der Waals surface area contributed by atoms with Crippen molar-refractivity contribution in [1.29, 1.82) is 0 Å². The number of nitrogens with one attached hydrogen (secondary N) is 1. The third-order valence-corrected chi connectivity index (χ3v) is 7.16. The summed E-state index contributed by atoms with van der Waals surface area (Å²) in [5.41, 5.74) is 0.786. The fourth-order valence-electron chi connectivity index (χ4n) is 3.64. The van der Waals surface area contributed by atoms with Crippen LogP contribution in [0.25, 0.3) is 0 Å². The number of para-hydroxylation sites is 1. The fraction of sp³-hybridized carbons (Fsp3) is 0.250. The number of pyridine rings is 1. The number of carbonyl (C=O) groups is 1. The van der Waals surface area contributed by atoms with Crippen molar-refractivity contribution in [2.45, 2.75) is 36.7 Å². The van der Waals surface area contributed by atoms with Crippen molar-refractivity contribution in [2.24, 2.45) is 0 Å². The topological polar surface area (TPSA) is 104 Å². The van der Waals surface area contributed by atoms with Crippen molar-refractivity contribution < 1.29 is 22.7 Å². The van der Waals surface area contributed by atoms with Gasteiger partial charge in [-0.25, -0.2) is 8.42 Å². The normalized spacial score (nSPS) is 11.2. The van der Waals surface area contributed by atoms with Gasteiger partial charge < -0.3 is 19.4 Å². The molecular weight excluding hydrogens is 444 g/mol. The van der Waals surface area contributed by atoms with Crippen LogP contribution < -0.4 is 20.3 Å². The van der Waals surface area contributed by atoms with Gasteiger partial charge >= 0.3 is 0 Å². The summed E-state index contributed by atoms with van der Waals surface area (Å²) in [6.07, 6.45) is 0. The lowest BCUT2D eigenvalue weighted by molar-refractivity contribution is -0.121. The average Bonchev–Trinajstić information content (AvgIpc) is 2.80. The number of rotatable bonds is 8. The molecule has 0 fully saturated rings. The molecular formula is C24H26N2O6S. The molecule has 0 unspecified atom stereocenters. The van der Waals surface area contributed by atoms with Crippen molar-refractivity contribution in [3.05, 3.63) is 81.8 Å². The number of hydrogen-bond donors (Lipinski definition) is 1. The van der Waals surface area contributed by atoms with E-state index in [1.165, 1.54) is 30.9 Å². The summed E-state index contributed by atoms with van der Waals surface area (Å²) in [5.74, 6) is 0.586. The summed E-state index contributed by atoms with van der Waals surface area (Å²) in [6.45, 7) is 3.05. The number of ether oxygens (including phenoxy) is 2. The Morgan fingerprint density at radius 1 is 1.00 bits per heavy atom. The summed E-state index contributed by atoms with van der Waals surface area (Å²) in [5, 5.41) is 2.75. The molecule has 0 bridgehead atoms. The summed E-state index contributed by atoms with van der Waals surface area (Å²) < 4.78 is 38.1. The molecule has 0 radical (unpaired) electrons. The van der Waals surface area contributed by atoms with Gasteiger partial charge in [0.2, 0.25) is 15.7 Å². The quantitative estimate of drug-likeness (QED) is 0.543. The van der Waals surface area contributed by atoms with Crippen molar-refractivity contribution >= 4 is 15.7 Å². The van der Waals surface area contributed by atoms with E-state index in [1.54, 1.807) is 56.3 Å². The Kier molecular flexibility index (Phi) is 7.23. The number of aryl methyl sites for hydroxylation is 2. The molecule has 0 saturated heterocycles. The first-order chi connectivity index (χ1) is 15.7. The van der Waals surface area contributed by atoms with E-state index in [1.807, 2.05) is 0 Å². The monoisotopic (exact) mass is 470 g/mol. The third kappa shape index (κ3) is 4.93. The molecule has 8 nitrogen and oxygen atoms in total. The molecule has 1 heterocycles. The van der Waals surface area contributed by atoms with Gasteiger partial charge in [-0.2, -0.15) is 0 Å². The molecule has 3 aromatic rings. The van der Waals surface area contributed by atoms with Crippen LogP contribution in [0.15, 0.2) is 69.2 Å². The molecule has 0 aliphatic carbocycles. The zero-order valence-corrected chi connectivity index (χ0v) is 19.7. The average molecular weight is 471 g/mol. The standard InChI is InChI=1S/C24H26N2O6S/c1-16-13-17(2)26(24(28)23(16)33(29,30)19-10-6-5-7-11-19)15-21(27)25-14-18-9-8-12-20(31-3)22(18)32-4/h5-13H,14-15H2,1-4H3,(H,25,27). The van der Waals surface area contributed by atoms with Crippen molar-refractivity contribution in [1.82, 2.24) is 9.88 Å². The highest BCUT2D eigenvalue weighted by molar-refractivity contribution is 7.91. The van der Waals surface area contributed by atoms with Crippen LogP contribution in [0.4, 0.5) is 0 Å². The maximum Gasteiger partial charge on any atom is 0.270 e. The molecule has 0 atom stereocenters. The maximum absolute atomic E-state index is 13.2. The number of amides is 1. The molecule has 0 saturated carbocycles. The Morgan fingerprint density at radius 3 is 2.33 bits per heavy atom. The van der Waals surface area contributed by atoms with Gasteiger partial charge in [0.15, 0.2) is 11.5 Å². The van der Waals surface area contributed by atoms with Crippen LogP contribution in [0, 0.1) is 13.8 Å². The second-order valence-corrected chi connectivity index (χ2v) is 9.32. The minimum Gasteiger partial charge on any atom is -0.493 e. The predicted molar refractivity (Wildman–Crippen MR) is 123 cm³/mol. The Hall–Kier alpha value is -3.59. The van der Waals surface area contributed by atoms with Crippen LogP contribution in [0.1, 0.15) is 16.8 Å². The van der Waals surface area contributed by atoms with Crippen LogP contribution >= 0.6 is 0 Å². The van der Waals surface area contributed by atoms with E-state index < -0.39 is 21.3 Å². The maximum atomic E-state index is 13.2. The lowest BCUT2D eigenvalue weighted by atomic mass is 10.2. The van der Waals surface area contributed by atoms with E-state index in [-0.39, 0.29) is 22.9 Å².